The Morgan fingerprint density at radius 2 is 0.437 bits per heavy atom. The summed E-state index contributed by atoms with van der Waals surface area (Å²) in [4.78, 5) is 14.4. The maximum Gasteiger partial charge on any atom is 0.241 e. The van der Waals surface area contributed by atoms with Gasteiger partial charge in [-0.15, -0.1) is 0 Å². The highest BCUT2D eigenvalue weighted by Gasteiger charge is 2.27. The molecule has 408 valence electrons. The van der Waals surface area contributed by atoms with Crippen LogP contribution in [0.1, 0.15) is 33.4 Å². The van der Waals surface area contributed by atoms with Crippen molar-refractivity contribution in [1.82, 2.24) is 15.0 Å². The highest BCUT2D eigenvalue weighted by Crippen LogP contribution is 2.24. The second-order valence-corrected chi connectivity index (χ2v) is 21.9. The molecule has 3 nitrogen and oxygen atoms in total. The van der Waals surface area contributed by atoms with E-state index >= 15 is 0 Å². The van der Waals surface area contributed by atoms with E-state index in [0.717, 1.165) is 67.2 Å². The van der Waals surface area contributed by atoms with Gasteiger partial charge in [0.25, 0.3) is 0 Å². The van der Waals surface area contributed by atoms with Crippen LogP contribution < -0.4 is 49.2 Å². The monoisotopic (exact) mass is 1110 g/mol. The molecule has 3 aromatic heterocycles. The van der Waals surface area contributed by atoms with Gasteiger partial charge in [0, 0.05) is 18.6 Å². The smallest absolute Gasteiger partial charge is 0.241 e. The Hall–Kier alpha value is -10.9. The van der Waals surface area contributed by atoms with E-state index in [1.807, 2.05) is 36.8 Å². The Balaban J connectivity index is 0.973. The maximum absolute atomic E-state index is 4.81. The predicted molar refractivity (Wildman–Crippen MR) is 375 cm³/mol. The van der Waals surface area contributed by atoms with E-state index in [1.54, 1.807) is 0 Å². The Bertz CT molecular complexity index is 3880. The van der Waals surface area contributed by atoms with Crippen LogP contribution in [0, 0.1) is 0 Å². The number of nitrogens with zero attached hydrogens (tertiary/aromatic N) is 3. The summed E-state index contributed by atoms with van der Waals surface area (Å²) < 4.78 is 0. The summed E-state index contributed by atoms with van der Waals surface area (Å²) in [6, 6.07) is 111. The van der Waals surface area contributed by atoms with Gasteiger partial charge in [-0.2, -0.15) is 0 Å². The Morgan fingerprint density at radius 1 is 0.207 bits per heavy atom. The van der Waals surface area contributed by atoms with Crippen LogP contribution in [0.15, 0.2) is 328 Å². The zero-order chi connectivity index (χ0) is 58.4. The van der Waals surface area contributed by atoms with Gasteiger partial charge in [-0.3, -0.25) is 15.0 Å². The number of benzene rings is 10. The third-order valence-electron chi connectivity index (χ3n) is 16.2. The lowest BCUT2D eigenvalue weighted by Gasteiger charge is -2.19. The van der Waals surface area contributed by atoms with Crippen LogP contribution in [-0.2, 0) is 0 Å². The first-order valence-electron chi connectivity index (χ1n) is 29.8. The van der Waals surface area contributed by atoms with Crippen molar-refractivity contribution in [3.8, 4) is 33.8 Å². The average molecular weight is 1110 g/mol. The van der Waals surface area contributed by atoms with Gasteiger partial charge in [-0.05, 0) is 105 Å². The van der Waals surface area contributed by atoms with E-state index in [4.69, 9.17) is 15.0 Å². The lowest BCUT2D eigenvalue weighted by Crippen LogP contribution is -2.52. The molecule has 0 bridgehead atoms. The minimum Gasteiger partial charge on any atom is -0.256 e. The summed E-state index contributed by atoms with van der Waals surface area (Å²) >= 11 is 0. The molecule has 10 aromatic carbocycles. The Morgan fingerprint density at radius 3 is 0.655 bits per heavy atom. The first-order valence-corrected chi connectivity index (χ1v) is 29.8. The Labute approximate surface area is 512 Å². The normalized spacial score (nSPS) is 11.3. The lowest BCUT2D eigenvalue weighted by atomic mass is 9.36. The third-order valence-corrected chi connectivity index (χ3v) is 16.2. The van der Waals surface area contributed by atoms with Crippen molar-refractivity contribution in [1.29, 1.82) is 0 Å². The molecule has 0 aliphatic carbocycles. The fraction of sp³-hybridized carbons (Fsp3) is 0. The van der Waals surface area contributed by atoms with Crippen molar-refractivity contribution >= 4 is 106 Å². The van der Waals surface area contributed by atoms with Gasteiger partial charge in [0.05, 0.1) is 17.1 Å². The Kier molecular flexibility index (Phi) is 17.0. The van der Waals surface area contributed by atoms with Crippen LogP contribution in [0.25, 0.3) is 70.2 Å². The average Bonchev–Trinajstić information content (AvgIpc) is 3.35. The quantitative estimate of drug-likeness (QED) is 0.0635. The van der Waals surface area contributed by atoms with Crippen molar-refractivity contribution in [3.05, 3.63) is 361 Å². The summed E-state index contributed by atoms with van der Waals surface area (Å²) in [6.07, 6.45) is 19.3. The number of pyridine rings is 3. The molecular formula is C81H60B3N3. The molecule has 0 amide bonds. The summed E-state index contributed by atoms with van der Waals surface area (Å²) in [7, 11) is 0. The van der Waals surface area contributed by atoms with E-state index in [-0.39, 0.29) is 20.1 Å². The topological polar surface area (TPSA) is 38.7 Å². The molecule has 0 spiro atoms. The van der Waals surface area contributed by atoms with Crippen molar-refractivity contribution in [3.63, 3.8) is 0 Å². The molecule has 0 radical (unpaired) electrons. The first kappa shape index (κ1) is 55.3. The summed E-state index contributed by atoms with van der Waals surface area (Å²) in [6.45, 7) is -0.108. The molecule has 6 heteroatoms. The first-order chi connectivity index (χ1) is 43.1. The molecule has 0 atom stereocenters. The molecule has 0 fully saturated rings. The minimum atomic E-state index is -0.0359. The van der Waals surface area contributed by atoms with E-state index in [0.29, 0.717) is 0 Å². The van der Waals surface area contributed by atoms with Gasteiger partial charge in [0.15, 0.2) is 0 Å². The van der Waals surface area contributed by atoms with Crippen LogP contribution >= 0.6 is 0 Å². The molecule has 0 saturated heterocycles. The number of aromatic nitrogens is 3. The number of rotatable bonds is 18. The van der Waals surface area contributed by atoms with Crippen molar-refractivity contribution in [2.75, 3.05) is 0 Å². The molecular weight excluding hydrogens is 1050 g/mol. The third kappa shape index (κ3) is 13.1. The van der Waals surface area contributed by atoms with E-state index in [2.05, 4.69) is 328 Å². The van der Waals surface area contributed by atoms with Crippen LogP contribution in [-0.4, -0.2) is 35.1 Å². The molecule has 0 aliphatic heterocycles. The summed E-state index contributed by atoms with van der Waals surface area (Å²) in [5.74, 6) is 0. The van der Waals surface area contributed by atoms with Crippen LogP contribution in [0.4, 0.5) is 0 Å². The molecule has 13 rings (SSSR count). The van der Waals surface area contributed by atoms with E-state index < -0.39 is 0 Å². The fourth-order valence-electron chi connectivity index (χ4n) is 12.1. The van der Waals surface area contributed by atoms with Crippen LogP contribution in [0.3, 0.4) is 0 Å². The fourth-order valence-corrected chi connectivity index (χ4v) is 12.1. The van der Waals surface area contributed by atoms with Crippen molar-refractivity contribution in [2.45, 2.75) is 0 Å². The van der Waals surface area contributed by atoms with Gasteiger partial charge in [-0.25, -0.2) is 0 Å². The van der Waals surface area contributed by atoms with Gasteiger partial charge >= 0.3 is 0 Å². The van der Waals surface area contributed by atoms with Gasteiger partial charge in [0.1, 0.15) is 0 Å². The molecule has 87 heavy (non-hydrogen) atoms. The van der Waals surface area contributed by atoms with Crippen LogP contribution in [0.5, 0.6) is 0 Å². The van der Waals surface area contributed by atoms with Gasteiger partial charge in [-0.1, -0.05) is 340 Å². The zero-order valence-electron chi connectivity index (χ0n) is 48.2. The second-order valence-electron chi connectivity index (χ2n) is 21.9. The SMILES string of the molecule is C(=Cc1ccc(-c2ccccn2)cc1B(c1ccccc1)c1ccccc1)c1cc(C=Cc2ccc(-c3ccccn3)cc2B(c2ccccc2)c2ccccc2)cc(/C=C\c2ccc(-c3ccccn3)cc2B(c2ccccc2)c2ccccc2)c1. The lowest BCUT2D eigenvalue weighted by molar-refractivity contribution is 1.33. The predicted octanol–water partition coefficient (Wildman–Crippen LogP) is 12.9. The van der Waals surface area contributed by atoms with E-state index in [9.17, 15) is 0 Å². The molecule has 0 unspecified atom stereocenters. The molecule has 0 N–H and O–H groups in total. The van der Waals surface area contributed by atoms with Gasteiger partial charge in [0.2, 0.25) is 20.1 Å². The summed E-state index contributed by atoms with van der Waals surface area (Å²) in [5.41, 5.74) is 23.5. The van der Waals surface area contributed by atoms with Crippen LogP contribution in [0.2, 0.25) is 0 Å². The van der Waals surface area contributed by atoms with E-state index in [1.165, 1.54) is 49.2 Å². The molecule has 0 saturated carbocycles. The molecule has 0 aliphatic rings. The standard InChI is InChI=1S/C81H60B3N3/c1-7-25-70(26-8-1)82(71-27-9-2-10-28-71)76-58-67(79-37-19-22-52-85-79)49-46-64(76)43-40-61-55-62(41-44-65-47-50-68(80-38-20-23-53-86-80)59-77(65)83(72-29-11-3-12-30-72)73-31-13-4-14-32-73)57-63(56-61)42-45-66-48-51-69(81-39-21-24-54-87-81)60-78(66)84(74-33-15-5-16-34-74)75-35-17-6-18-36-75/h1-60H/b43-40-,44-41?,45-42?. The molecule has 13 aromatic rings. The number of hydrogen-bond acceptors (Lipinski definition) is 3. The van der Waals surface area contributed by atoms with Crippen molar-refractivity contribution < 1.29 is 0 Å². The maximum atomic E-state index is 4.81. The zero-order valence-corrected chi connectivity index (χ0v) is 48.2. The second kappa shape index (κ2) is 26.8. The molecule has 3 heterocycles. The minimum absolute atomic E-state index is 0.0359. The summed E-state index contributed by atoms with van der Waals surface area (Å²) in [5, 5.41) is 0. The highest BCUT2D eigenvalue weighted by molar-refractivity contribution is 6.97. The van der Waals surface area contributed by atoms with Gasteiger partial charge < -0.3 is 0 Å². The number of hydrogen-bond donors (Lipinski definition) is 0. The van der Waals surface area contributed by atoms with Crippen molar-refractivity contribution in [2.24, 2.45) is 0 Å². The highest BCUT2D eigenvalue weighted by atomic mass is 14.7. The largest absolute Gasteiger partial charge is 0.256 e.